The molecule has 13 nitrogen and oxygen atoms in total. The van der Waals surface area contributed by atoms with E-state index in [2.05, 4.69) is 47.4 Å². The number of piperidine rings is 1. The first-order valence-electron chi connectivity index (χ1n) is 13.0. The zero-order chi connectivity index (χ0) is 28.3. The van der Waals surface area contributed by atoms with Gasteiger partial charge >= 0.3 is 0 Å². The largest absolute Gasteiger partial charge is 0.351 e. The topological polar surface area (TPSA) is 140 Å². The molecule has 5 rings (SSSR count). The fourth-order valence-corrected chi connectivity index (χ4v) is 6.03. The maximum atomic E-state index is 12.9. The number of aryl methyl sites for hydroxylation is 2. The van der Waals surface area contributed by atoms with Crippen LogP contribution >= 0.6 is 0 Å². The Morgan fingerprint density at radius 3 is 2.60 bits per heavy atom. The van der Waals surface area contributed by atoms with Crippen molar-refractivity contribution in [3.05, 3.63) is 66.1 Å². The third-order valence-corrected chi connectivity index (χ3v) is 8.52. The number of imidazole rings is 1. The average molecular weight is 562 g/mol. The van der Waals surface area contributed by atoms with Gasteiger partial charge in [-0.1, -0.05) is 6.92 Å². The molecule has 40 heavy (non-hydrogen) atoms. The van der Waals surface area contributed by atoms with Crippen molar-refractivity contribution < 1.29 is 8.42 Å². The smallest absolute Gasteiger partial charge is 0.262 e. The molecule has 1 aliphatic heterocycles. The van der Waals surface area contributed by atoms with Crippen molar-refractivity contribution in [2.75, 3.05) is 25.0 Å². The average Bonchev–Trinajstić information content (AvgIpc) is 3.62. The molecule has 0 unspecified atom stereocenters. The van der Waals surface area contributed by atoms with Crippen molar-refractivity contribution in [2.45, 2.75) is 44.3 Å². The molecule has 0 saturated carbocycles. The summed E-state index contributed by atoms with van der Waals surface area (Å²) in [6, 6.07) is 3.94. The van der Waals surface area contributed by atoms with Crippen LogP contribution in [-0.2, 0) is 23.6 Å². The Morgan fingerprint density at radius 1 is 1.12 bits per heavy atom. The van der Waals surface area contributed by atoms with Crippen molar-refractivity contribution >= 4 is 21.7 Å². The first kappa shape index (κ1) is 27.4. The Labute approximate surface area is 233 Å². The van der Waals surface area contributed by atoms with E-state index >= 15 is 0 Å². The van der Waals surface area contributed by atoms with E-state index in [1.54, 1.807) is 22.5 Å². The van der Waals surface area contributed by atoms with E-state index in [1.165, 1.54) is 23.0 Å². The first-order valence-corrected chi connectivity index (χ1v) is 14.4. The number of rotatable bonds is 9. The van der Waals surface area contributed by atoms with Crippen LogP contribution in [0.25, 0.3) is 21.8 Å². The number of pyridine rings is 1. The molecular weight excluding hydrogens is 530 g/mol. The van der Waals surface area contributed by atoms with Gasteiger partial charge in [0.05, 0.1) is 41.9 Å². The van der Waals surface area contributed by atoms with E-state index in [0.29, 0.717) is 55.4 Å². The molecule has 208 valence electrons. The van der Waals surface area contributed by atoms with Crippen molar-refractivity contribution in [2.24, 2.45) is 7.05 Å². The van der Waals surface area contributed by atoms with Crippen LogP contribution in [0.5, 0.6) is 0 Å². The van der Waals surface area contributed by atoms with Crippen molar-refractivity contribution in [1.82, 2.24) is 43.9 Å². The van der Waals surface area contributed by atoms with Gasteiger partial charge in [-0.2, -0.15) is 9.40 Å². The van der Waals surface area contributed by atoms with E-state index in [-0.39, 0.29) is 11.1 Å². The van der Waals surface area contributed by atoms with Gasteiger partial charge in [-0.05, 0) is 38.4 Å². The van der Waals surface area contributed by atoms with Gasteiger partial charge in [0.1, 0.15) is 0 Å². The van der Waals surface area contributed by atoms with Gasteiger partial charge in [-0.15, -0.1) is 0 Å². The molecule has 0 amide bonds. The van der Waals surface area contributed by atoms with E-state index in [0.717, 1.165) is 23.6 Å². The molecule has 0 radical (unpaired) electrons. The lowest BCUT2D eigenvalue weighted by Gasteiger charge is -2.31. The van der Waals surface area contributed by atoms with Crippen molar-refractivity contribution in [3.63, 3.8) is 0 Å². The molecule has 4 aromatic heterocycles. The summed E-state index contributed by atoms with van der Waals surface area (Å²) in [5.41, 5.74) is 4.12. The Bertz CT molecular complexity index is 1650. The van der Waals surface area contributed by atoms with Gasteiger partial charge in [0.2, 0.25) is 11.6 Å². The number of nitrogens with zero attached hydrogens (tertiary/aromatic N) is 9. The van der Waals surface area contributed by atoms with Crippen LogP contribution in [0.4, 0.5) is 11.6 Å². The summed E-state index contributed by atoms with van der Waals surface area (Å²) >= 11 is 0. The SMILES string of the molecule is [C-]#[N+]c1cnc(NC2CCN(S(=O)(=O)c3cn(C)cn3)CC2)nc1-c1cnn(-c2ccc(CNCC)nc2C)c1. The summed E-state index contributed by atoms with van der Waals surface area (Å²) in [6.07, 6.45) is 9.16. The maximum absolute atomic E-state index is 12.9. The molecule has 2 N–H and O–H groups in total. The molecule has 1 saturated heterocycles. The minimum atomic E-state index is -3.63. The minimum Gasteiger partial charge on any atom is -0.351 e. The second-order valence-electron chi connectivity index (χ2n) is 9.60. The van der Waals surface area contributed by atoms with E-state index < -0.39 is 10.0 Å². The summed E-state index contributed by atoms with van der Waals surface area (Å²) < 4.78 is 30.6. The molecule has 0 bridgehead atoms. The lowest BCUT2D eigenvalue weighted by Crippen LogP contribution is -2.42. The molecule has 1 aliphatic rings. The van der Waals surface area contributed by atoms with Crippen LogP contribution in [0.2, 0.25) is 0 Å². The van der Waals surface area contributed by atoms with Crippen LogP contribution in [0.1, 0.15) is 31.2 Å². The van der Waals surface area contributed by atoms with Crippen molar-refractivity contribution in [3.8, 4) is 16.9 Å². The number of hydrogen-bond donors (Lipinski definition) is 2. The molecule has 0 atom stereocenters. The Hall–Kier alpha value is -4.19. The zero-order valence-electron chi connectivity index (χ0n) is 22.6. The third kappa shape index (κ3) is 5.71. The second-order valence-corrected chi connectivity index (χ2v) is 11.5. The summed E-state index contributed by atoms with van der Waals surface area (Å²) in [5, 5.41) is 11.2. The Kier molecular flexibility index (Phi) is 7.88. The number of hydrogen-bond acceptors (Lipinski definition) is 9. The fourth-order valence-electron chi connectivity index (χ4n) is 4.59. The molecule has 0 aromatic carbocycles. The lowest BCUT2D eigenvalue weighted by molar-refractivity contribution is 0.328. The van der Waals surface area contributed by atoms with Crippen LogP contribution in [0.3, 0.4) is 0 Å². The summed E-state index contributed by atoms with van der Waals surface area (Å²) in [5.74, 6) is 0.381. The molecule has 1 fully saturated rings. The van der Waals surface area contributed by atoms with Crippen molar-refractivity contribution in [1.29, 1.82) is 0 Å². The normalized spacial score (nSPS) is 14.8. The van der Waals surface area contributed by atoms with Crippen LogP contribution in [0, 0.1) is 13.5 Å². The van der Waals surface area contributed by atoms with Gasteiger partial charge < -0.3 is 15.2 Å². The predicted octanol–water partition coefficient (Wildman–Crippen LogP) is 2.69. The van der Waals surface area contributed by atoms with Gasteiger partial charge in [0.15, 0.2) is 5.03 Å². The first-order chi connectivity index (χ1) is 19.3. The molecule has 14 heteroatoms. The highest BCUT2D eigenvalue weighted by atomic mass is 32.2. The number of anilines is 1. The Morgan fingerprint density at radius 2 is 1.93 bits per heavy atom. The monoisotopic (exact) mass is 561 g/mol. The van der Waals surface area contributed by atoms with Crippen LogP contribution in [0.15, 0.2) is 48.3 Å². The number of nitrogens with one attached hydrogen (secondary N) is 2. The lowest BCUT2D eigenvalue weighted by atomic mass is 10.1. The Balaban J connectivity index is 1.29. The second kappa shape index (κ2) is 11.5. The highest BCUT2D eigenvalue weighted by Gasteiger charge is 2.31. The van der Waals surface area contributed by atoms with Gasteiger partial charge in [0, 0.05) is 56.9 Å². The molecule has 0 aliphatic carbocycles. The van der Waals surface area contributed by atoms with Crippen LogP contribution in [-0.4, -0.2) is 72.7 Å². The quantitative estimate of drug-likeness (QED) is 0.295. The molecule has 4 aromatic rings. The van der Waals surface area contributed by atoms with Gasteiger partial charge in [-0.25, -0.2) is 32.9 Å². The van der Waals surface area contributed by atoms with Gasteiger partial charge in [0.25, 0.3) is 10.0 Å². The summed E-state index contributed by atoms with van der Waals surface area (Å²) in [7, 11) is -1.89. The summed E-state index contributed by atoms with van der Waals surface area (Å²) in [6.45, 7) is 13.9. The maximum Gasteiger partial charge on any atom is 0.262 e. The highest BCUT2D eigenvalue weighted by Crippen LogP contribution is 2.30. The molecular formula is C26H31N11O2S. The summed E-state index contributed by atoms with van der Waals surface area (Å²) in [4.78, 5) is 21.3. The number of sulfonamides is 1. The minimum absolute atomic E-state index is 0.0148. The third-order valence-electron chi connectivity index (χ3n) is 6.74. The standard InChI is InChI=1S/C26H31N11O2S/c1-5-28-13-21-6-7-23(18(2)32-21)37-15-19(12-31-37)25-22(27-3)14-29-26(34-25)33-20-8-10-36(11-9-20)40(38,39)24-16-35(4)17-30-24/h6-7,12,14-17,20,28H,5,8-11,13H2,1-2,4H3,(H,29,33,34). The highest BCUT2D eigenvalue weighted by molar-refractivity contribution is 7.89. The van der Waals surface area contributed by atoms with Gasteiger partial charge in [-0.3, -0.25) is 4.98 Å². The fraction of sp³-hybridized carbons (Fsp3) is 0.385. The number of aromatic nitrogens is 7. The predicted molar refractivity (Wildman–Crippen MR) is 149 cm³/mol. The van der Waals surface area contributed by atoms with E-state index in [4.69, 9.17) is 6.57 Å². The molecule has 5 heterocycles. The van der Waals surface area contributed by atoms with Crippen LogP contribution < -0.4 is 10.6 Å². The molecule has 0 spiro atoms. The van der Waals surface area contributed by atoms with E-state index in [1.807, 2.05) is 25.3 Å². The van der Waals surface area contributed by atoms with E-state index in [9.17, 15) is 8.42 Å². The zero-order valence-corrected chi connectivity index (χ0v) is 23.4.